The van der Waals surface area contributed by atoms with Gasteiger partial charge in [0.1, 0.15) is 30.2 Å². The predicted molar refractivity (Wildman–Crippen MR) is 88.4 cm³/mol. The van der Waals surface area contributed by atoms with Gasteiger partial charge >= 0.3 is 0 Å². The minimum atomic E-state index is -1.11. The molecule has 1 aliphatic heterocycles. The van der Waals surface area contributed by atoms with Crippen LogP contribution in [0.25, 0.3) is 11.2 Å². The number of methoxy groups -OCH3 is 1. The summed E-state index contributed by atoms with van der Waals surface area (Å²) < 4.78 is 13.3. The van der Waals surface area contributed by atoms with Gasteiger partial charge in [-0.15, -0.1) is 0 Å². The maximum Gasteiger partial charge on any atom is 0.167 e. The molecule has 2 aromatic rings. The molecule has 25 heavy (non-hydrogen) atoms. The zero-order valence-corrected chi connectivity index (χ0v) is 14.0. The molecular formula is C16H23N5O4. The number of nitrogens with zero attached hydrogens (tertiary/aromatic N) is 4. The number of aromatic nitrogens is 4. The van der Waals surface area contributed by atoms with Crippen LogP contribution in [0.2, 0.25) is 0 Å². The third kappa shape index (κ3) is 2.67. The van der Waals surface area contributed by atoms with Crippen LogP contribution in [0.4, 0.5) is 5.82 Å². The van der Waals surface area contributed by atoms with E-state index >= 15 is 0 Å². The molecular weight excluding hydrogens is 326 g/mol. The highest BCUT2D eigenvalue weighted by Crippen LogP contribution is 2.39. The number of aliphatic hydroxyl groups is 2. The number of nitrogen functional groups attached to an aromatic ring is 1. The van der Waals surface area contributed by atoms with Crippen molar-refractivity contribution in [2.45, 2.75) is 56.3 Å². The molecule has 4 N–H and O–H groups in total. The van der Waals surface area contributed by atoms with Crippen molar-refractivity contribution in [3.05, 3.63) is 12.7 Å². The van der Waals surface area contributed by atoms with Gasteiger partial charge in [-0.25, -0.2) is 15.0 Å². The first-order valence-electron chi connectivity index (χ1n) is 8.59. The van der Waals surface area contributed by atoms with Gasteiger partial charge in [-0.3, -0.25) is 4.57 Å². The Balaban J connectivity index is 1.64. The SMILES string of the molecule is COC(C1CCCC1)[C@H]1O[C@@H](n2cnc3c(N)ncnc32)[C@H](O)[C@@H]1O. The molecule has 1 saturated carbocycles. The number of imidazole rings is 1. The van der Waals surface area contributed by atoms with Crippen LogP contribution in [-0.4, -0.2) is 61.3 Å². The van der Waals surface area contributed by atoms with Gasteiger partial charge in [0.15, 0.2) is 17.7 Å². The third-order valence-corrected chi connectivity index (χ3v) is 5.40. The Morgan fingerprint density at radius 1 is 1.24 bits per heavy atom. The Hall–Kier alpha value is -1.81. The van der Waals surface area contributed by atoms with E-state index < -0.39 is 24.5 Å². The van der Waals surface area contributed by atoms with Gasteiger partial charge in [-0.1, -0.05) is 12.8 Å². The topological polar surface area (TPSA) is 129 Å². The number of hydrogen-bond acceptors (Lipinski definition) is 8. The van der Waals surface area contributed by atoms with Crippen molar-refractivity contribution in [1.29, 1.82) is 0 Å². The van der Waals surface area contributed by atoms with Crippen molar-refractivity contribution in [3.63, 3.8) is 0 Å². The highest BCUT2D eigenvalue weighted by atomic mass is 16.6. The molecule has 4 rings (SSSR count). The van der Waals surface area contributed by atoms with Crippen LogP contribution in [-0.2, 0) is 9.47 Å². The van der Waals surface area contributed by atoms with Crippen LogP contribution in [0.1, 0.15) is 31.9 Å². The van der Waals surface area contributed by atoms with E-state index in [1.807, 2.05) is 0 Å². The van der Waals surface area contributed by atoms with E-state index in [1.165, 1.54) is 12.7 Å². The number of nitrogens with two attached hydrogens (primary N) is 1. The van der Waals surface area contributed by atoms with E-state index in [0.717, 1.165) is 25.7 Å². The molecule has 136 valence electrons. The van der Waals surface area contributed by atoms with Crippen molar-refractivity contribution >= 4 is 17.0 Å². The average molecular weight is 349 g/mol. The second-order valence-electron chi connectivity index (χ2n) is 6.80. The maximum absolute atomic E-state index is 10.6. The highest BCUT2D eigenvalue weighted by Gasteiger charge is 2.49. The van der Waals surface area contributed by atoms with Crippen LogP contribution in [0.5, 0.6) is 0 Å². The second kappa shape index (κ2) is 6.49. The van der Waals surface area contributed by atoms with Crippen LogP contribution >= 0.6 is 0 Å². The van der Waals surface area contributed by atoms with E-state index in [9.17, 15) is 10.2 Å². The van der Waals surface area contributed by atoms with Crippen LogP contribution in [0, 0.1) is 5.92 Å². The van der Waals surface area contributed by atoms with E-state index in [0.29, 0.717) is 17.1 Å². The zero-order valence-electron chi connectivity index (χ0n) is 14.0. The van der Waals surface area contributed by atoms with E-state index in [1.54, 1.807) is 11.7 Å². The summed E-state index contributed by atoms with van der Waals surface area (Å²) in [6.45, 7) is 0. The normalized spacial score (nSPS) is 31.8. The van der Waals surface area contributed by atoms with Gasteiger partial charge in [0.2, 0.25) is 0 Å². The zero-order chi connectivity index (χ0) is 17.6. The molecule has 5 atom stereocenters. The fourth-order valence-electron chi connectivity index (χ4n) is 4.12. The van der Waals surface area contributed by atoms with Gasteiger partial charge in [-0.05, 0) is 18.8 Å². The Labute approximate surface area is 144 Å². The fraction of sp³-hybridized carbons (Fsp3) is 0.688. The molecule has 1 aliphatic carbocycles. The predicted octanol–water partition coefficient (Wildman–Crippen LogP) is 0.233. The molecule has 3 heterocycles. The standard InChI is InChI=1S/C16H23N5O4/c1-24-12(8-4-2-3-5-8)13-10(22)11(23)16(25-13)21-7-20-9-14(17)18-6-19-15(9)21/h6-8,10-13,16,22-23H,2-5H2,1H3,(H2,17,18,19)/t10-,11+,12?,13-,16+/m0/s1. The first kappa shape index (κ1) is 16.6. The molecule has 0 aromatic carbocycles. The van der Waals surface area contributed by atoms with Gasteiger partial charge in [0.05, 0.1) is 12.4 Å². The molecule has 0 bridgehead atoms. The lowest BCUT2D eigenvalue weighted by Gasteiger charge is -2.29. The minimum Gasteiger partial charge on any atom is -0.387 e. The maximum atomic E-state index is 10.6. The van der Waals surface area contributed by atoms with Crippen molar-refractivity contribution < 1.29 is 19.7 Å². The monoisotopic (exact) mass is 349 g/mol. The molecule has 2 aliphatic rings. The first-order chi connectivity index (χ1) is 12.1. The minimum absolute atomic E-state index is 0.258. The average Bonchev–Trinajstić information content (AvgIpc) is 3.32. The second-order valence-corrected chi connectivity index (χ2v) is 6.80. The summed E-state index contributed by atoms with van der Waals surface area (Å²) in [5.74, 6) is 0.585. The summed E-state index contributed by atoms with van der Waals surface area (Å²) in [4.78, 5) is 12.3. The lowest BCUT2D eigenvalue weighted by atomic mass is 9.92. The molecule has 9 heteroatoms. The number of ether oxygens (including phenoxy) is 2. The van der Waals surface area contributed by atoms with Crippen LogP contribution in [0.3, 0.4) is 0 Å². The summed E-state index contributed by atoms with van der Waals surface area (Å²) in [5.41, 5.74) is 6.71. The van der Waals surface area contributed by atoms with E-state index in [-0.39, 0.29) is 11.9 Å². The molecule has 1 unspecified atom stereocenters. The van der Waals surface area contributed by atoms with Gasteiger partial charge in [0.25, 0.3) is 0 Å². The van der Waals surface area contributed by atoms with E-state index in [4.69, 9.17) is 15.2 Å². The summed E-state index contributed by atoms with van der Waals surface area (Å²) >= 11 is 0. The Bertz CT molecular complexity index is 747. The van der Waals surface area contributed by atoms with E-state index in [2.05, 4.69) is 15.0 Å². The Morgan fingerprint density at radius 2 is 2.00 bits per heavy atom. The van der Waals surface area contributed by atoms with Gasteiger partial charge in [-0.2, -0.15) is 0 Å². The third-order valence-electron chi connectivity index (χ3n) is 5.40. The quantitative estimate of drug-likeness (QED) is 0.716. The molecule has 2 aromatic heterocycles. The molecule has 9 nitrogen and oxygen atoms in total. The van der Waals surface area contributed by atoms with Crippen molar-refractivity contribution in [2.24, 2.45) is 5.92 Å². The molecule has 1 saturated heterocycles. The van der Waals surface area contributed by atoms with Crippen LogP contribution < -0.4 is 5.73 Å². The lowest BCUT2D eigenvalue weighted by molar-refractivity contribution is -0.113. The number of anilines is 1. The highest BCUT2D eigenvalue weighted by molar-refractivity contribution is 5.81. The van der Waals surface area contributed by atoms with Crippen molar-refractivity contribution in [3.8, 4) is 0 Å². The molecule has 0 amide bonds. The fourth-order valence-corrected chi connectivity index (χ4v) is 4.12. The van der Waals surface area contributed by atoms with Crippen molar-refractivity contribution in [2.75, 3.05) is 12.8 Å². The molecule has 2 fully saturated rings. The first-order valence-corrected chi connectivity index (χ1v) is 8.59. The summed E-state index contributed by atoms with van der Waals surface area (Å²) in [6, 6.07) is 0. The number of hydrogen-bond donors (Lipinski definition) is 3. The Kier molecular flexibility index (Phi) is 4.32. The van der Waals surface area contributed by atoms with Crippen LogP contribution in [0.15, 0.2) is 12.7 Å². The number of rotatable bonds is 4. The summed E-state index contributed by atoms with van der Waals surface area (Å²) in [7, 11) is 1.62. The lowest BCUT2D eigenvalue weighted by Crippen LogP contribution is -2.43. The molecule has 0 radical (unpaired) electrons. The van der Waals surface area contributed by atoms with Crippen molar-refractivity contribution in [1.82, 2.24) is 19.5 Å². The van der Waals surface area contributed by atoms with Gasteiger partial charge < -0.3 is 25.4 Å². The largest absolute Gasteiger partial charge is 0.387 e. The number of aliphatic hydroxyl groups excluding tert-OH is 2. The number of fused-ring (bicyclic) bond motifs is 1. The smallest absolute Gasteiger partial charge is 0.167 e. The molecule has 0 spiro atoms. The summed E-state index contributed by atoms with van der Waals surface area (Å²) in [6.07, 6.45) is 3.40. The Morgan fingerprint density at radius 3 is 2.72 bits per heavy atom. The summed E-state index contributed by atoms with van der Waals surface area (Å²) in [5, 5.41) is 21.1. The van der Waals surface area contributed by atoms with Gasteiger partial charge in [0, 0.05) is 7.11 Å².